The van der Waals surface area contributed by atoms with E-state index >= 15 is 0 Å². The van der Waals surface area contributed by atoms with Gasteiger partial charge in [0.05, 0.1) is 33.8 Å². The quantitative estimate of drug-likeness (QED) is 0.255. The smallest absolute Gasteiger partial charge is 0.228 e. The van der Waals surface area contributed by atoms with Crippen LogP contribution in [0.1, 0.15) is 13.8 Å². The van der Waals surface area contributed by atoms with Crippen LogP contribution in [0.15, 0.2) is 61.2 Å². The minimum atomic E-state index is -0.859. The van der Waals surface area contributed by atoms with Crippen molar-refractivity contribution in [2.75, 3.05) is 18.5 Å². The third kappa shape index (κ3) is 5.09. The monoisotopic (exact) mass is 520 g/mol. The van der Waals surface area contributed by atoms with Gasteiger partial charge in [-0.05, 0) is 55.7 Å². The van der Waals surface area contributed by atoms with Crippen molar-refractivity contribution >= 4 is 50.1 Å². The first-order chi connectivity index (χ1) is 17.9. The molecule has 0 radical (unpaired) electrons. The Kier molecular flexibility index (Phi) is 6.72. The molecular formula is C26H25FN6O3S. The Morgan fingerprint density at radius 2 is 2.05 bits per heavy atom. The second kappa shape index (κ2) is 10.1. The van der Waals surface area contributed by atoms with Gasteiger partial charge in [-0.3, -0.25) is 4.79 Å². The summed E-state index contributed by atoms with van der Waals surface area (Å²) in [6.45, 7) is 3.93. The van der Waals surface area contributed by atoms with E-state index in [-0.39, 0.29) is 18.3 Å². The van der Waals surface area contributed by atoms with Crippen LogP contribution in [0.5, 0.6) is 11.5 Å². The van der Waals surface area contributed by atoms with Gasteiger partial charge in [-0.1, -0.05) is 6.07 Å². The molecule has 0 saturated carbocycles. The summed E-state index contributed by atoms with van der Waals surface area (Å²) < 4.78 is 27.9. The molecule has 9 nitrogen and oxygen atoms in total. The Morgan fingerprint density at radius 1 is 1.19 bits per heavy atom. The van der Waals surface area contributed by atoms with Gasteiger partial charge in [-0.25, -0.2) is 14.4 Å². The number of hydrogen-bond acceptors (Lipinski definition) is 8. The van der Waals surface area contributed by atoms with Crippen molar-refractivity contribution in [3.63, 3.8) is 0 Å². The fourth-order valence-electron chi connectivity index (χ4n) is 3.78. The number of anilines is 2. The van der Waals surface area contributed by atoms with Crippen molar-refractivity contribution in [1.29, 1.82) is 0 Å². The lowest BCUT2D eigenvalue weighted by molar-refractivity contribution is -0.131. The number of aliphatic hydroxyl groups excluding tert-OH is 1. The number of nitrogens with one attached hydrogen (secondary N) is 2. The number of aliphatic hydroxyl groups is 1. The molecule has 0 spiro atoms. The van der Waals surface area contributed by atoms with Crippen LogP contribution in [0.2, 0.25) is 0 Å². The maximum absolute atomic E-state index is 15.0. The van der Waals surface area contributed by atoms with Gasteiger partial charge >= 0.3 is 0 Å². The molecule has 5 rings (SSSR count). The lowest BCUT2D eigenvalue weighted by atomic mass is 9.94. The summed E-state index contributed by atoms with van der Waals surface area (Å²) in [4.78, 5) is 20.9. The summed E-state index contributed by atoms with van der Waals surface area (Å²) in [7, 11) is 0. The Hall–Kier alpha value is -4.09. The van der Waals surface area contributed by atoms with Crippen LogP contribution >= 0.6 is 11.5 Å². The van der Waals surface area contributed by atoms with Crippen LogP contribution < -0.4 is 15.4 Å². The van der Waals surface area contributed by atoms with Crippen molar-refractivity contribution in [2.45, 2.75) is 20.4 Å². The highest BCUT2D eigenvalue weighted by atomic mass is 32.1. The van der Waals surface area contributed by atoms with E-state index in [1.807, 2.05) is 29.0 Å². The van der Waals surface area contributed by atoms with E-state index < -0.39 is 11.2 Å². The molecule has 0 bridgehead atoms. The van der Waals surface area contributed by atoms with Gasteiger partial charge in [0.15, 0.2) is 17.4 Å². The van der Waals surface area contributed by atoms with Gasteiger partial charge in [0, 0.05) is 31.0 Å². The van der Waals surface area contributed by atoms with Crippen molar-refractivity contribution in [2.24, 2.45) is 5.41 Å². The number of aromatic nitrogens is 4. The van der Waals surface area contributed by atoms with Crippen molar-refractivity contribution in [1.82, 2.24) is 24.2 Å². The zero-order valence-corrected chi connectivity index (χ0v) is 21.1. The van der Waals surface area contributed by atoms with Gasteiger partial charge in [0.1, 0.15) is 17.6 Å². The number of fused-ring (bicyclic) bond motifs is 2. The molecule has 190 valence electrons. The normalized spacial score (nSPS) is 11.7. The molecule has 0 aliphatic heterocycles. The molecule has 0 saturated heterocycles. The second-order valence-corrected chi connectivity index (χ2v) is 9.96. The predicted octanol–water partition coefficient (Wildman–Crippen LogP) is 4.85. The van der Waals surface area contributed by atoms with Crippen LogP contribution in [0.25, 0.3) is 21.1 Å². The zero-order valence-electron chi connectivity index (χ0n) is 20.2. The van der Waals surface area contributed by atoms with Crippen molar-refractivity contribution in [3.05, 3.63) is 67.0 Å². The minimum Gasteiger partial charge on any atom is -0.454 e. The summed E-state index contributed by atoms with van der Waals surface area (Å²) in [5.41, 5.74) is 1.06. The number of halogens is 1. The van der Waals surface area contributed by atoms with E-state index in [0.717, 1.165) is 15.6 Å². The Morgan fingerprint density at radius 3 is 2.86 bits per heavy atom. The van der Waals surface area contributed by atoms with Crippen LogP contribution in [0.3, 0.4) is 0 Å². The largest absolute Gasteiger partial charge is 0.454 e. The van der Waals surface area contributed by atoms with Crippen LogP contribution in [0, 0.1) is 11.2 Å². The summed E-state index contributed by atoms with van der Waals surface area (Å²) in [5.74, 6) is 0.377. The SMILES string of the molecule is CC(C)(CO)C(=O)NCCn1ccc2ncnc(Nc3ccc(Oc4cccc5sncc45)c(F)c3)c21. The Labute approximate surface area is 216 Å². The summed E-state index contributed by atoms with van der Waals surface area (Å²) in [6, 6.07) is 12.0. The number of carbonyl (C=O) groups is 1. The average Bonchev–Trinajstić information content (AvgIpc) is 3.54. The molecule has 11 heteroatoms. The molecule has 0 atom stereocenters. The summed E-state index contributed by atoms with van der Waals surface area (Å²) in [6.07, 6.45) is 4.99. The summed E-state index contributed by atoms with van der Waals surface area (Å²) in [5, 5.41) is 16.2. The fraction of sp³-hybridized carbons (Fsp3) is 0.231. The highest BCUT2D eigenvalue weighted by molar-refractivity contribution is 7.13. The Balaban J connectivity index is 1.33. The number of amides is 1. The number of carbonyl (C=O) groups excluding carboxylic acids is 1. The molecule has 0 aliphatic rings. The highest BCUT2D eigenvalue weighted by Gasteiger charge is 2.26. The van der Waals surface area contributed by atoms with E-state index in [1.165, 1.54) is 23.9 Å². The predicted molar refractivity (Wildman–Crippen MR) is 141 cm³/mol. The lowest BCUT2D eigenvalue weighted by Crippen LogP contribution is -2.40. The average molecular weight is 521 g/mol. The lowest BCUT2D eigenvalue weighted by Gasteiger charge is -2.20. The molecule has 5 aromatic rings. The first-order valence-electron chi connectivity index (χ1n) is 11.6. The van der Waals surface area contributed by atoms with Gasteiger partial charge in [-0.2, -0.15) is 4.37 Å². The van der Waals surface area contributed by atoms with Gasteiger partial charge in [0.25, 0.3) is 0 Å². The van der Waals surface area contributed by atoms with Crippen LogP contribution in [-0.4, -0.2) is 43.1 Å². The molecule has 1 amide bonds. The number of rotatable bonds is 9. The molecular weight excluding hydrogens is 495 g/mol. The topological polar surface area (TPSA) is 114 Å². The van der Waals surface area contributed by atoms with E-state index in [0.29, 0.717) is 35.9 Å². The number of nitrogens with zero attached hydrogens (tertiary/aromatic N) is 4. The first kappa shape index (κ1) is 24.6. The molecule has 3 N–H and O–H groups in total. The van der Waals surface area contributed by atoms with Crippen molar-refractivity contribution < 1.29 is 19.0 Å². The van der Waals surface area contributed by atoms with Gasteiger partial charge in [-0.15, -0.1) is 0 Å². The molecule has 0 fully saturated rings. The number of benzene rings is 2. The molecule has 3 heterocycles. The molecule has 0 unspecified atom stereocenters. The maximum atomic E-state index is 15.0. The molecule has 0 aliphatic carbocycles. The van der Waals surface area contributed by atoms with Gasteiger partial charge in [0.2, 0.25) is 5.91 Å². The fourth-order valence-corrected chi connectivity index (χ4v) is 4.45. The van der Waals surface area contributed by atoms with E-state index in [1.54, 1.807) is 38.2 Å². The molecule has 3 aromatic heterocycles. The van der Waals surface area contributed by atoms with Crippen molar-refractivity contribution in [3.8, 4) is 11.5 Å². The molecule has 2 aromatic carbocycles. The molecule has 37 heavy (non-hydrogen) atoms. The van der Waals surface area contributed by atoms with E-state index in [2.05, 4.69) is 25.0 Å². The van der Waals surface area contributed by atoms with E-state index in [9.17, 15) is 14.3 Å². The first-order valence-corrected chi connectivity index (χ1v) is 12.4. The number of hydrogen-bond donors (Lipinski definition) is 3. The third-order valence-electron chi connectivity index (χ3n) is 5.97. The third-order valence-corrected chi connectivity index (χ3v) is 6.74. The van der Waals surface area contributed by atoms with E-state index in [4.69, 9.17) is 4.74 Å². The zero-order chi connectivity index (χ0) is 26.0. The minimum absolute atomic E-state index is 0.0991. The Bertz CT molecular complexity index is 1580. The second-order valence-electron chi connectivity index (χ2n) is 9.13. The highest BCUT2D eigenvalue weighted by Crippen LogP contribution is 2.34. The standard InChI is InChI=1S/C26H25FN6O3S/c1-26(2,14-34)25(35)28-9-11-33-10-8-19-23(33)24(30-15-29-19)32-16-6-7-21(18(27)12-16)36-20-4-3-5-22-17(20)13-31-37-22/h3-8,10,12-13,15,34H,9,11,14H2,1-2H3,(H,28,35)(H,29,30,32). The maximum Gasteiger partial charge on any atom is 0.228 e. The summed E-state index contributed by atoms with van der Waals surface area (Å²) >= 11 is 1.35. The van der Waals surface area contributed by atoms with Crippen LogP contribution in [0.4, 0.5) is 15.9 Å². The van der Waals surface area contributed by atoms with Gasteiger partial charge < -0.3 is 25.0 Å². The number of ether oxygens (including phenoxy) is 1. The van der Waals surface area contributed by atoms with Crippen LogP contribution in [-0.2, 0) is 11.3 Å².